The van der Waals surface area contributed by atoms with E-state index in [9.17, 15) is 9.59 Å². The Morgan fingerprint density at radius 3 is 2.40 bits per heavy atom. The van der Waals surface area contributed by atoms with Crippen LogP contribution in [-0.2, 0) is 11.2 Å². The van der Waals surface area contributed by atoms with Crippen LogP contribution >= 0.6 is 0 Å². The number of amides is 1. The molecule has 1 N–H and O–H groups in total. The molecule has 6 heteroatoms. The summed E-state index contributed by atoms with van der Waals surface area (Å²) in [5.74, 6) is 0.406. The van der Waals surface area contributed by atoms with E-state index in [0.29, 0.717) is 56.2 Å². The second-order valence-electron chi connectivity index (χ2n) is 7.44. The van der Waals surface area contributed by atoms with Gasteiger partial charge in [-0.15, -0.1) is 0 Å². The zero-order chi connectivity index (χ0) is 21.2. The van der Waals surface area contributed by atoms with Gasteiger partial charge in [-0.3, -0.25) is 9.59 Å². The Bertz CT molecular complexity index is 837. The van der Waals surface area contributed by atoms with E-state index in [0.717, 1.165) is 19.3 Å². The molecule has 0 atom stereocenters. The lowest BCUT2D eigenvalue weighted by Crippen LogP contribution is -2.33. The number of unbranched alkanes of at least 4 members (excludes halogenated alkanes) is 1. The Balaban J connectivity index is 1.65. The number of fused-ring (bicyclic) bond motifs is 1. The monoisotopic (exact) mass is 411 g/mol. The molecule has 0 bridgehead atoms. The molecule has 3 rings (SSSR count). The maximum Gasteiger partial charge on any atom is 0.303 e. The summed E-state index contributed by atoms with van der Waals surface area (Å²) in [5, 5.41) is 8.86. The van der Waals surface area contributed by atoms with Gasteiger partial charge in [0, 0.05) is 31.5 Å². The van der Waals surface area contributed by atoms with Crippen molar-refractivity contribution in [1.29, 1.82) is 0 Å². The highest BCUT2D eigenvalue weighted by Crippen LogP contribution is 2.31. The van der Waals surface area contributed by atoms with Gasteiger partial charge in [-0.25, -0.2) is 0 Å². The SMILES string of the molecule is O=C(O)CCCCN(CCCc1ccccc1)C(=O)c1ccc2c(c1)OCCCO2. The first-order valence-electron chi connectivity index (χ1n) is 10.6. The smallest absolute Gasteiger partial charge is 0.303 e. The number of carboxylic acid groups (broad SMARTS) is 1. The van der Waals surface area contributed by atoms with Crippen molar-refractivity contribution in [2.75, 3.05) is 26.3 Å². The summed E-state index contributed by atoms with van der Waals surface area (Å²) < 4.78 is 11.4. The Kier molecular flexibility index (Phi) is 8.12. The largest absolute Gasteiger partial charge is 0.490 e. The average molecular weight is 411 g/mol. The molecule has 0 aliphatic carbocycles. The molecular formula is C24H29NO5. The first kappa shape index (κ1) is 21.7. The van der Waals surface area contributed by atoms with E-state index in [1.165, 1.54) is 5.56 Å². The Hall–Kier alpha value is -3.02. The van der Waals surface area contributed by atoms with Crippen LogP contribution in [0.2, 0.25) is 0 Å². The van der Waals surface area contributed by atoms with E-state index in [-0.39, 0.29) is 12.3 Å². The second kappa shape index (κ2) is 11.2. The lowest BCUT2D eigenvalue weighted by Gasteiger charge is -2.23. The van der Waals surface area contributed by atoms with Gasteiger partial charge in [0.05, 0.1) is 13.2 Å². The van der Waals surface area contributed by atoms with Crippen LogP contribution in [0.1, 0.15) is 48.0 Å². The summed E-state index contributed by atoms with van der Waals surface area (Å²) in [5.41, 5.74) is 1.81. The minimum atomic E-state index is -0.806. The summed E-state index contributed by atoms with van der Waals surface area (Å²) >= 11 is 0. The van der Waals surface area contributed by atoms with E-state index >= 15 is 0 Å². The van der Waals surface area contributed by atoms with Gasteiger partial charge in [0.15, 0.2) is 11.5 Å². The van der Waals surface area contributed by atoms with Gasteiger partial charge in [-0.2, -0.15) is 0 Å². The molecule has 0 saturated carbocycles. The lowest BCUT2D eigenvalue weighted by molar-refractivity contribution is -0.137. The third-order valence-corrected chi connectivity index (χ3v) is 5.09. The molecule has 1 heterocycles. The zero-order valence-corrected chi connectivity index (χ0v) is 17.2. The number of aliphatic carboxylic acids is 1. The first-order valence-corrected chi connectivity index (χ1v) is 10.6. The highest BCUT2D eigenvalue weighted by molar-refractivity contribution is 5.95. The number of carbonyl (C=O) groups excluding carboxylic acids is 1. The minimum Gasteiger partial charge on any atom is -0.490 e. The van der Waals surface area contributed by atoms with Gasteiger partial charge in [0.2, 0.25) is 0 Å². The number of aryl methyl sites for hydroxylation is 1. The molecule has 30 heavy (non-hydrogen) atoms. The van der Waals surface area contributed by atoms with Crippen molar-refractivity contribution in [3.63, 3.8) is 0 Å². The molecule has 1 aliphatic rings. The molecule has 0 radical (unpaired) electrons. The number of nitrogens with zero attached hydrogens (tertiary/aromatic N) is 1. The Labute approximate surface area is 177 Å². The molecule has 160 valence electrons. The first-order chi connectivity index (χ1) is 14.6. The summed E-state index contributed by atoms with van der Waals surface area (Å²) in [6, 6.07) is 15.5. The van der Waals surface area contributed by atoms with Crippen LogP contribution in [0.5, 0.6) is 11.5 Å². The maximum absolute atomic E-state index is 13.2. The Morgan fingerprint density at radius 1 is 0.900 bits per heavy atom. The van der Waals surface area contributed by atoms with Crippen LogP contribution in [0.15, 0.2) is 48.5 Å². The molecule has 2 aromatic carbocycles. The second-order valence-corrected chi connectivity index (χ2v) is 7.44. The van der Waals surface area contributed by atoms with Gasteiger partial charge >= 0.3 is 5.97 Å². The third kappa shape index (κ3) is 6.51. The third-order valence-electron chi connectivity index (χ3n) is 5.09. The van der Waals surface area contributed by atoms with Crippen molar-refractivity contribution in [1.82, 2.24) is 4.90 Å². The molecule has 0 aromatic heterocycles. The van der Waals surface area contributed by atoms with Crippen molar-refractivity contribution in [3.8, 4) is 11.5 Å². The summed E-state index contributed by atoms with van der Waals surface area (Å²) in [4.78, 5) is 25.8. The van der Waals surface area contributed by atoms with Crippen molar-refractivity contribution in [2.24, 2.45) is 0 Å². The molecule has 0 fully saturated rings. The van der Waals surface area contributed by atoms with Crippen molar-refractivity contribution in [3.05, 3.63) is 59.7 Å². The predicted molar refractivity (Wildman–Crippen MR) is 114 cm³/mol. The van der Waals surface area contributed by atoms with E-state index in [1.54, 1.807) is 18.2 Å². The molecule has 2 aromatic rings. The number of carboxylic acids is 1. The predicted octanol–water partition coefficient (Wildman–Crippen LogP) is 4.18. The zero-order valence-electron chi connectivity index (χ0n) is 17.2. The van der Waals surface area contributed by atoms with Crippen LogP contribution in [0.4, 0.5) is 0 Å². The van der Waals surface area contributed by atoms with E-state index < -0.39 is 5.97 Å². The van der Waals surface area contributed by atoms with Crippen LogP contribution in [0.3, 0.4) is 0 Å². The fourth-order valence-electron chi connectivity index (χ4n) is 3.49. The van der Waals surface area contributed by atoms with Crippen molar-refractivity contribution in [2.45, 2.75) is 38.5 Å². The van der Waals surface area contributed by atoms with Crippen LogP contribution in [-0.4, -0.2) is 48.2 Å². The standard InChI is InChI=1S/C24H29NO5/c26-23(27)11-4-5-14-25(15-6-10-19-8-2-1-3-9-19)24(28)20-12-13-21-22(18-20)30-17-7-16-29-21/h1-3,8-9,12-13,18H,4-7,10-11,14-17H2,(H,26,27). The summed E-state index contributed by atoms with van der Waals surface area (Å²) in [6.07, 6.45) is 3.89. The number of rotatable bonds is 10. The van der Waals surface area contributed by atoms with Crippen LogP contribution < -0.4 is 9.47 Å². The number of carbonyl (C=O) groups is 2. The number of benzene rings is 2. The lowest BCUT2D eigenvalue weighted by atomic mass is 10.1. The van der Waals surface area contributed by atoms with Crippen molar-refractivity contribution >= 4 is 11.9 Å². The Morgan fingerprint density at radius 2 is 1.63 bits per heavy atom. The van der Waals surface area contributed by atoms with E-state index in [1.807, 2.05) is 23.1 Å². The van der Waals surface area contributed by atoms with E-state index in [2.05, 4.69) is 12.1 Å². The number of hydrogen-bond donors (Lipinski definition) is 1. The van der Waals surface area contributed by atoms with Gasteiger partial charge < -0.3 is 19.5 Å². The van der Waals surface area contributed by atoms with E-state index in [4.69, 9.17) is 14.6 Å². The number of hydrogen-bond acceptors (Lipinski definition) is 4. The van der Waals surface area contributed by atoms with Crippen LogP contribution in [0.25, 0.3) is 0 Å². The molecule has 1 aliphatic heterocycles. The summed E-state index contributed by atoms with van der Waals surface area (Å²) in [7, 11) is 0. The van der Waals surface area contributed by atoms with Gasteiger partial charge in [-0.05, 0) is 49.4 Å². The average Bonchev–Trinajstić information content (AvgIpc) is 3.00. The highest BCUT2D eigenvalue weighted by Gasteiger charge is 2.19. The van der Waals surface area contributed by atoms with Crippen molar-refractivity contribution < 1.29 is 24.2 Å². The van der Waals surface area contributed by atoms with Gasteiger partial charge in [0.25, 0.3) is 5.91 Å². The fraction of sp³-hybridized carbons (Fsp3) is 0.417. The molecular weight excluding hydrogens is 382 g/mol. The van der Waals surface area contributed by atoms with Gasteiger partial charge in [0.1, 0.15) is 0 Å². The summed E-state index contributed by atoms with van der Waals surface area (Å²) in [6.45, 7) is 2.33. The minimum absolute atomic E-state index is 0.0611. The number of ether oxygens (including phenoxy) is 2. The quantitative estimate of drug-likeness (QED) is 0.594. The maximum atomic E-state index is 13.2. The van der Waals surface area contributed by atoms with Gasteiger partial charge in [-0.1, -0.05) is 30.3 Å². The molecule has 0 unspecified atom stereocenters. The molecule has 6 nitrogen and oxygen atoms in total. The normalized spacial score (nSPS) is 12.8. The fourth-order valence-corrected chi connectivity index (χ4v) is 3.49. The molecule has 0 saturated heterocycles. The molecule has 0 spiro atoms. The van der Waals surface area contributed by atoms with Crippen LogP contribution in [0, 0.1) is 0 Å². The highest BCUT2D eigenvalue weighted by atomic mass is 16.5. The molecule has 1 amide bonds. The topological polar surface area (TPSA) is 76.1 Å².